The van der Waals surface area contributed by atoms with Gasteiger partial charge >= 0.3 is 0 Å². The van der Waals surface area contributed by atoms with Gasteiger partial charge in [-0.25, -0.2) is 4.98 Å². The monoisotopic (exact) mass is 392 g/mol. The summed E-state index contributed by atoms with van der Waals surface area (Å²) in [4.78, 5) is 15.8. The van der Waals surface area contributed by atoms with Crippen molar-refractivity contribution in [3.8, 4) is 11.6 Å². The van der Waals surface area contributed by atoms with Crippen LogP contribution in [0.15, 0.2) is 35.3 Å². The number of aromatic nitrogens is 2. The second-order valence-corrected chi connectivity index (χ2v) is 7.73. The molecule has 0 amide bonds. The normalized spacial score (nSPS) is 25.4. The van der Waals surface area contributed by atoms with E-state index in [1.807, 2.05) is 19.1 Å². The predicted octanol–water partition coefficient (Wildman–Crippen LogP) is 1.83. The molecule has 3 fully saturated rings. The Bertz CT molecular complexity index is 893. The summed E-state index contributed by atoms with van der Waals surface area (Å²) in [5.74, 6) is 0.666. The van der Waals surface area contributed by atoms with Crippen LogP contribution in [0.25, 0.3) is 0 Å². The highest BCUT2D eigenvalue weighted by molar-refractivity contribution is 5.85. The molecule has 3 aliphatic rings. The largest absolute Gasteiger partial charge is 0.493 e. The van der Waals surface area contributed by atoms with Gasteiger partial charge in [-0.1, -0.05) is 0 Å². The fraction of sp³-hybridized carbons (Fsp3) is 0.474. The second-order valence-electron chi connectivity index (χ2n) is 7.73. The van der Waals surface area contributed by atoms with Crippen LogP contribution in [0.2, 0.25) is 0 Å². The molecule has 1 saturated carbocycles. The van der Waals surface area contributed by atoms with Gasteiger partial charge in [-0.3, -0.25) is 4.79 Å². The van der Waals surface area contributed by atoms with Crippen molar-refractivity contribution in [2.24, 2.45) is 12.5 Å². The van der Waals surface area contributed by atoms with Crippen molar-refractivity contribution in [2.75, 3.05) is 25.0 Å². The quantitative estimate of drug-likeness (QED) is 0.695. The summed E-state index contributed by atoms with van der Waals surface area (Å²) in [6.45, 7) is 4.14. The molecule has 0 atom stereocenters. The highest BCUT2D eigenvalue weighted by atomic mass is 35.5. The Morgan fingerprint density at radius 2 is 2.19 bits per heavy atom. The number of pyridine rings is 2. The third-order valence-corrected chi connectivity index (χ3v) is 5.69. The van der Waals surface area contributed by atoms with E-state index >= 15 is 0 Å². The van der Waals surface area contributed by atoms with Crippen molar-refractivity contribution in [3.05, 3.63) is 46.5 Å². The first-order valence-electron chi connectivity index (χ1n) is 8.84. The van der Waals surface area contributed by atoms with Gasteiger partial charge in [-0.05, 0) is 38.0 Å². The molecule has 146 valence electrons. The molecule has 0 aromatic carbocycles. The van der Waals surface area contributed by atoms with Crippen LogP contribution in [0.5, 0.6) is 11.6 Å². The zero-order valence-corrected chi connectivity index (χ0v) is 16.3. The number of ether oxygens (including phenoxy) is 1. The molecular weight excluding hydrogens is 368 g/mol. The number of hydrogen-bond acceptors (Lipinski definition) is 6. The van der Waals surface area contributed by atoms with Gasteiger partial charge in [0, 0.05) is 49.0 Å². The standard InChI is InChI=1S/C19H24N4O3.ClH/c1-13-6-14(7-16(24)23(13)2)26-12-18-8-19(9-18,22-10-18)11-21-15-4-3-5-20-17(15)25;/h3-7,21-22H,8-12H2,1-2H3,(H,20,25);1H. The van der Waals surface area contributed by atoms with Gasteiger partial charge in [0.1, 0.15) is 5.75 Å². The first kappa shape index (κ1) is 19.5. The minimum absolute atomic E-state index is 0. The molecule has 0 spiro atoms. The zero-order valence-electron chi connectivity index (χ0n) is 15.5. The lowest BCUT2D eigenvalue weighted by Gasteiger charge is -2.46. The van der Waals surface area contributed by atoms with Crippen LogP contribution >= 0.6 is 12.4 Å². The molecule has 2 bridgehead atoms. The van der Waals surface area contributed by atoms with Gasteiger partial charge in [0.05, 0.1) is 12.3 Å². The number of nitrogens with zero attached hydrogens (tertiary/aromatic N) is 2. The molecule has 27 heavy (non-hydrogen) atoms. The number of fused-ring (bicyclic) bond motifs is 1. The Morgan fingerprint density at radius 3 is 2.89 bits per heavy atom. The summed E-state index contributed by atoms with van der Waals surface area (Å²) in [6, 6.07) is 7.07. The molecule has 2 aromatic rings. The molecule has 2 aliphatic heterocycles. The van der Waals surface area contributed by atoms with E-state index < -0.39 is 0 Å². The molecule has 4 heterocycles. The molecule has 2 aromatic heterocycles. The summed E-state index contributed by atoms with van der Waals surface area (Å²) < 4.78 is 7.56. The van der Waals surface area contributed by atoms with Gasteiger partial charge in [0.15, 0.2) is 0 Å². The lowest BCUT2D eigenvalue weighted by Crippen LogP contribution is -2.54. The van der Waals surface area contributed by atoms with Gasteiger partial charge in [0.2, 0.25) is 5.88 Å². The van der Waals surface area contributed by atoms with Gasteiger partial charge in [-0.2, -0.15) is 0 Å². The minimum atomic E-state index is -0.0505. The van der Waals surface area contributed by atoms with Crippen LogP contribution in [-0.2, 0) is 7.05 Å². The van der Waals surface area contributed by atoms with E-state index in [1.165, 1.54) is 0 Å². The third kappa shape index (κ3) is 3.61. The van der Waals surface area contributed by atoms with E-state index in [2.05, 4.69) is 15.6 Å². The van der Waals surface area contributed by atoms with Gasteiger partial charge < -0.3 is 25.0 Å². The molecule has 1 aliphatic carbocycles. The molecular formula is C19H25ClN4O3. The number of hydrogen-bond donors (Lipinski definition) is 3. The number of nitrogens with one attached hydrogen (secondary N) is 2. The molecule has 3 N–H and O–H groups in total. The Kier molecular flexibility index (Phi) is 5.10. The van der Waals surface area contributed by atoms with Crippen LogP contribution in [0.1, 0.15) is 18.5 Å². The Balaban J connectivity index is 0.00000210. The van der Waals surface area contributed by atoms with Crippen LogP contribution in [0, 0.1) is 12.3 Å². The van der Waals surface area contributed by atoms with Crippen LogP contribution < -0.4 is 20.9 Å². The maximum atomic E-state index is 11.9. The molecule has 2 saturated heterocycles. The summed E-state index contributed by atoms with van der Waals surface area (Å²) in [5, 5.41) is 16.6. The van der Waals surface area contributed by atoms with E-state index in [1.54, 1.807) is 29.9 Å². The summed E-state index contributed by atoms with van der Waals surface area (Å²) >= 11 is 0. The number of aromatic hydroxyl groups is 1. The maximum absolute atomic E-state index is 11.9. The van der Waals surface area contributed by atoms with Gasteiger partial charge in [0.25, 0.3) is 5.56 Å². The van der Waals surface area contributed by atoms with E-state index in [0.29, 0.717) is 18.0 Å². The van der Waals surface area contributed by atoms with E-state index in [9.17, 15) is 9.90 Å². The number of anilines is 1. The first-order chi connectivity index (χ1) is 12.4. The van der Waals surface area contributed by atoms with Crippen LogP contribution in [-0.4, -0.2) is 39.9 Å². The predicted molar refractivity (Wildman–Crippen MR) is 106 cm³/mol. The fourth-order valence-corrected chi connectivity index (χ4v) is 4.21. The Morgan fingerprint density at radius 1 is 1.41 bits per heavy atom. The molecule has 0 radical (unpaired) electrons. The number of rotatable bonds is 6. The smallest absolute Gasteiger partial charge is 0.254 e. The Hall–Kier alpha value is -2.25. The Labute approximate surface area is 164 Å². The van der Waals surface area contributed by atoms with E-state index in [-0.39, 0.29) is 34.8 Å². The average Bonchev–Trinajstić information content (AvgIpc) is 3.13. The number of halogens is 1. The average molecular weight is 393 g/mol. The summed E-state index contributed by atoms with van der Waals surface area (Å²) in [6.07, 6.45) is 3.59. The summed E-state index contributed by atoms with van der Waals surface area (Å²) in [5.41, 5.74) is 1.64. The molecule has 7 nitrogen and oxygen atoms in total. The van der Waals surface area contributed by atoms with Crippen molar-refractivity contribution < 1.29 is 9.84 Å². The molecule has 5 rings (SSSR count). The highest BCUT2D eigenvalue weighted by Gasteiger charge is 2.60. The summed E-state index contributed by atoms with van der Waals surface area (Å²) in [7, 11) is 1.76. The van der Waals surface area contributed by atoms with Gasteiger partial charge in [-0.15, -0.1) is 12.4 Å². The highest BCUT2D eigenvalue weighted by Crippen LogP contribution is 2.54. The lowest BCUT2D eigenvalue weighted by molar-refractivity contribution is 0.0599. The molecule has 0 unspecified atom stereocenters. The molecule has 8 heteroatoms. The van der Waals surface area contributed by atoms with E-state index in [4.69, 9.17) is 4.74 Å². The van der Waals surface area contributed by atoms with Crippen molar-refractivity contribution in [1.82, 2.24) is 14.9 Å². The van der Waals surface area contributed by atoms with E-state index in [0.717, 1.165) is 31.6 Å². The van der Waals surface area contributed by atoms with Crippen molar-refractivity contribution in [2.45, 2.75) is 25.3 Å². The SMILES string of the molecule is Cc1cc(OCC23CNC(CNc4cccnc4O)(C2)C3)cc(=O)n1C.Cl. The van der Waals surface area contributed by atoms with Crippen LogP contribution in [0.4, 0.5) is 5.69 Å². The first-order valence-corrected chi connectivity index (χ1v) is 8.84. The number of aryl methyl sites for hydroxylation is 1. The topological polar surface area (TPSA) is 88.4 Å². The van der Waals surface area contributed by atoms with Crippen molar-refractivity contribution in [3.63, 3.8) is 0 Å². The second kappa shape index (κ2) is 7.05. The lowest BCUT2D eigenvalue weighted by atomic mass is 9.62. The minimum Gasteiger partial charge on any atom is -0.493 e. The fourth-order valence-electron chi connectivity index (χ4n) is 4.21. The van der Waals surface area contributed by atoms with Crippen molar-refractivity contribution in [1.29, 1.82) is 0 Å². The maximum Gasteiger partial charge on any atom is 0.254 e. The third-order valence-electron chi connectivity index (χ3n) is 5.69. The van der Waals surface area contributed by atoms with Crippen molar-refractivity contribution >= 4 is 18.1 Å². The zero-order chi connectivity index (χ0) is 18.4. The van der Waals surface area contributed by atoms with Crippen LogP contribution in [0.3, 0.4) is 0 Å².